The molecule has 1 heterocycles. The molecule has 0 saturated heterocycles. The van der Waals surface area contributed by atoms with Crippen molar-refractivity contribution in [2.45, 2.75) is 32.0 Å². The molecule has 108 valence electrons. The van der Waals surface area contributed by atoms with Gasteiger partial charge in [0.15, 0.2) is 5.16 Å². The molecule has 2 N–H and O–H groups in total. The summed E-state index contributed by atoms with van der Waals surface area (Å²) in [5, 5.41) is 15.4. The van der Waals surface area contributed by atoms with Crippen molar-refractivity contribution < 1.29 is 9.90 Å². The predicted molar refractivity (Wildman–Crippen MR) is 73.7 cm³/mol. The van der Waals surface area contributed by atoms with Crippen LogP contribution in [0.1, 0.15) is 26.8 Å². The van der Waals surface area contributed by atoms with E-state index in [0.29, 0.717) is 5.16 Å². The second-order valence-electron chi connectivity index (χ2n) is 4.20. The lowest BCUT2D eigenvalue weighted by molar-refractivity contribution is -0.133. The highest BCUT2D eigenvalue weighted by molar-refractivity contribution is 7.99. The Morgan fingerprint density at radius 3 is 2.68 bits per heavy atom. The van der Waals surface area contributed by atoms with E-state index in [1.807, 2.05) is 6.92 Å². The molecule has 7 nitrogen and oxygen atoms in total. The van der Waals surface area contributed by atoms with E-state index in [9.17, 15) is 9.59 Å². The first-order valence-corrected chi connectivity index (χ1v) is 7.21. The van der Waals surface area contributed by atoms with Gasteiger partial charge in [-0.1, -0.05) is 25.6 Å². The van der Waals surface area contributed by atoms with Crippen molar-refractivity contribution in [2.24, 2.45) is 0 Å². The van der Waals surface area contributed by atoms with Gasteiger partial charge in [-0.2, -0.15) is 0 Å². The average molecular weight is 288 g/mol. The lowest BCUT2D eigenvalue weighted by atomic mass is 10.3. The van der Waals surface area contributed by atoms with E-state index < -0.39 is 5.97 Å². The Balaban J connectivity index is 2.83. The smallest absolute Gasteiger partial charge is 0.344 e. The number of H-pyrrole nitrogens is 1. The van der Waals surface area contributed by atoms with Crippen LogP contribution in [0.15, 0.2) is 9.95 Å². The largest absolute Gasteiger partial charge is 0.481 e. The van der Waals surface area contributed by atoms with Crippen LogP contribution in [0, 0.1) is 0 Å². The maximum Gasteiger partial charge on any atom is 0.344 e. The molecule has 0 aliphatic carbocycles. The van der Waals surface area contributed by atoms with Crippen molar-refractivity contribution in [1.29, 1.82) is 0 Å². The Labute approximate surface area is 116 Å². The number of thioether (sulfide) groups is 1. The van der Waals surface area contributed by atoms with Crippen molar-refractivity contribution >= 4 is 17.7 Å². The predicted octanol–water partition coefficient (Wildman–Crippen LogP) is 0.651. The number of hydrogen-bond acceptors (Lipinski definition) is 5. The quantitative estimate of drug-likeness (QED) is 0.683. The van der Waals surface area contributed by atoms with Crippen LogP contribution in [0.5, 0.6) is 0 Å². The van der Waals surface area contributed by atoms with Crippen molar-refractivity contribution in [3.8, 4) is 0 Å². The summed E-state index contributed by atoms with van der Waals surface area (Å²) in [7, 11) is 0. The maximum atomic E-state index is 11.7. The van der Waals surface area contributed by atoms with Crippen LogP contribution in [0.3, 0.4) is 0 Å². The van der Waals surface area contributed by atoms with Crippen LogP contribution in [-0.2, 0) is 4.79 Å². The number of nitrogens with one attached hydrogen (secondary N) is 1. The van der Waals surface area contributed by atoms with Gasteiger partial charge in [0, 0.05) is 6.54 Å². The monoisotopic (exact) mass is 288 g/mol. The number of rotatable bonds is 8. The molecule has 1 rings (SSSR count). The Hall–Kier alpha value is -1.28. The van der Waals surface area contributed by atoms with E-state index in [0.717, 1.165) is 31.4 Å². The topological polar surface area (TPSA) is 91.2 Å². The fourth-order valence-electron chi connectivity index (χ4n) is 1.84. The molecule has 0 saturated carbocycles. The lowest BCUT2D eigenvalue weighted by Gasteiger charge is -2.23. The second kappa shape index (κ2) is 7.34. The van der Waals surface area contributed by atoms with Gasteiger partial charge in [0.2, 0.25) is 0 Å². The summed E-state index contributed by atoms with van der Waals surface area (Å²) in [5.41, 5.74) is -0.299. The van der Waals surface area contributed by atoms with Gasteiger partial charge in [0.25, 0.3) is 0 Å². The summed E-state index contributed by atoms with van der Waals surface area (Å²) in [4.78, 5) is 24.5. The van der Waals surface area contributed by atoms with Gasteiger partial charge < -0.3 is 10.0 Å². The number of likely N-dealkylation sites (N-methyl/N-ethyl adjacent to an activating group) is 1. The molecule has 0 amide bonds. The molecule has 0 aliphatic rings. The summed E-state index contributed by atoms with van der Waals surface area (Å²) in [6.45, 7) is 8.60. The molecule has 1 unspecified atom stereocenters. The molecule has 0 aliphatic heterocycles. The molecule has 1 atom stereocenters. The van der Waals surface area contributed by atoms with Crippen molar-refractivity contribution in [2.75, 3.05) is 25.4 Å². The van der Waals surface area contributed by atoms with Crippen LogP contribution in [0.2, 0.25) is 0 Å². The minimum Gasteiger partial charge on any atom is -0.481 e. The zero-order chi connectivity index (χ0) is 14.4. The molecule has 0 radical (unpaired) electrons. The number of carboxylic acids is 1. The van der Waals surface area contributed by atoms with Gasteiger partial charge in [-0.25, -0.2) is 9.89 Å². The third kappa shape index (κ3) is 4.39. The molecule has 1 aromatic heterocycles. The Bertz CT molecular complexity index is 467. The number of carboxylic acid groups (broad SMARTS) is 1. The van der Waals surface area contributed by atoms with Gasteiger partial charge in [0.05, 0.1) is 11.8 Å². The highest BCUT2D eigenvalue weighted by atomic mass is 32.2. The number of aromatic amines is 1. The van der Waals surface area contributed by atoms with Gasteiger partial charge in [0.1, 0.15) is 0 Å². The summed E-state index contributed by atoms with van der Waals surface area (Å²) in [5.74, 6) is -1.04. The van der Waals surface area contributed by atoms with Crippen molar-refractivity contribution in [3.63, 3.8) is 0 Å². The summed E-state index contributed by atoms with van der Waals surface area (Å²) in [6, 6.07) is -0.0533. The molecule has 0 spiro atoms. The fraction of sp³-hybridized carbons (Fsp3) is 0.727. The van der Waals surface area contributed by atoms with E-state index in [4.69, 9.17) is 5.11 Å². The molecule has 0 aromatic carbocycles. The minimum atomic E-state index is -0.927. The number of aliphatic carboxylic acids is 1. The Morgan fingerprint density at radius 1 is 1.53 bits per heavy atom. The van der Waals surface area contributed by atoms with E-state index in [1.165, 1.54) is 4.57 Å². The van der Waals surface area contributed by atoms with Gasteiger partial charge in [-0.3, -0.25) is 9.36 Å². The first-order valence-electron chi connectivity index (χ1n) is 6.23. The minimum absolute atomic E-state index is 0.0533. The molecule has 19 heavy (non-hydrogen) atoms. The molecule has 8 heteroatoms. The Morgan fingerprint density at radius 2 is 2.16 bits per heavy atom. The van der Waals surface area contributed by atoms with E-state index in [2.05, 4.69) is 28.9 Å². The van der Waals surface area contributed by atoms with E-state index in [1.54, 1.807) is 0 Å². The highest BCUT2D eigenvalue weighted by Crippen LogP contribution is 2.17. The van der Waals surface area contributed by atoms with E-state index in [-0.39, 0.29) is 17.5 Å². The Kier molecular flexibility index (Phi) is 6.10. The SMILES string of the molecule is CCN(CC)CC(C)n1c(SCC(=O)O)n[nH]c1=O. The molecular formula is C11H20N4O3S. The second-order valence-corrected chi connectivity index (χ2v) is 5.14. The fourth-order valence-corrected chi connectivity index (χ4v) is 2.61. The number of nitrogens with zero attached hydrogens (tertiary/aromatic N) is 3. The zero-order valence-corrected chi connectivity index (χ0v) is 12.2. The van der Waals surface area contributed by atoms with Gasteiger partial charge >= 0.3 is 11.7 Å². The number of aromatic nitrogens is 3. The maximum absolute atomic E-state index is 11.7. The summed E-state index contributed by atoms with van der Waals surface area (Å²) in [6.07, 6.45) is 0. The van der Waals surface area contributed by atoms with Crippen LogP contribution >= 0.6 is 11.8 Å². The first-order chi connectivity index (χ1) is 8.99. The van der Waals surface area contributed by atoms with Gasteiger partial charge in [-0.05, 0) is 20.0 Å². The standard InChI is InChI=1S/C11H20N4O3S/c1-4-14(5-2)6-8(3)15-10(18)12-13-11(15)19-7-9(16)17/h8H,4-7H2,1-3H3,(H,12,18)(H,16,17). The van der Waals surface area contributed by atoms with Crippen molar-refractivity contribution in [1.82, 2.24) is 19.7 Å². The van der Waals surface area contributed by atoms with Crippen LogP contribution in [-0.4, -0.2) is 56.1 Å². The highest BCUT2D eigenvalue weighted by Gasteiger charge is 2.17. The summed E-state index contributed by atoms with van der Waals surface area (Å²) >= 11 is 1.05. The van der Waals surface area contributed by atoms with E-state index >= 15 is 0 Å². The van der Waals surface area contributed by atoms with Gasteiger partial charge in [-0.15, -0.1) is 5.10 Å². The van der Waals surface area contributed by atoms with Crippen molar-refractivity contribution in [3.05, 3.63) is 10.5 Å². The summed E-state index contributed by atoms with van der Waals surface area (Å²) < 4.78 is 1.52. The average Bonchev–Trinajstić information content (AvgIpc) is 2.74. The normalized spacial score (nSPS) is 12.8. The lowest BCUT2D eigenvalue weighted by Crippen LogP contribution is -2.33. The third-order valence-corrected chi connectivity index (χ3v) is 3.79. The third-order valence-electron chi connectivity index (χ3n) is 2.85. The number of hydrogen-bond donors (Lipinski definition) is 2. The van der Waals surface area contributed by atoms with Crippen LogP contribution in [0.4, 0.5) is 0 Å². The molecular weight excluding hydrogens is 268 g/mol. The molecule has 0 bridgehead atoms. The zero-order valence-electron chi connectivity index (χ0n) is 11.4. The van der Waals surface area contributed by atoms with Crippen LogP contribution in [0.25, 0.3) is 0 Å². The molecule has 0 fully saturated rings. The first kappa shape index (κ1) is 15.8. The van der Waals surface area contributed by atoms with Crippen LogP contribution < -0.4 is 5.69 Å². The molecule has 1 aromatic rings. The number of carbonyl (C=O) groups is 1.